The number of benzene rings is 1. The van der Waals surface area contributed by atoms with Crippen LogP contribution in [0.4, 0.5) is 9.18 Å². The van der Waals surface area contributed by atoms with Gasteiger partial charge in [0, 0.05) is 45.8 Å². The van der Waals surface area contributed by atoms with Crippen LogP contribution >= 0.6 is 0 Å². The highest BCUT2D eigenvalue weighted by atomic mass is 19.1. The molecule has 1 N–H and O–H groups in total. The molecule has 1 atom stereocenters. The summed E-state index contributed by atoms with van der Waals surface area (Å²) in [5, 5.41) is 2.82. The normalized spacial score (nSPS) is 21.7. The summed E-state index contributed by atoms with van der Waals surface area (Å²) < 4.78 is 13.1. The first-order valence-corrected chi connectivity index (χ1v) is 8.88. The second-order valence-corrected chi connectivity index (χ2v) is 6.57. The molecule has 2 heterocycles. The van der Waals surface area contributed by atoms with Gasteiger partial charge in [-0.15, -0.1) is 0 Å². The maximum atomic E-state index is 13.1. The van der Waals surface area contributed by atoms with Crippen LogP contribution in [0.25, 0.3) is 0 Å². The van der Waals surface area contributed by atoms with E-state index in [1.807, 2.05) is 11.8 Å². The predicted octanol–water partition coefficient (Wildman–Crippen LogP) is 1.27. The van der Waals surface area contributed by atoms with E-state index < -0.39 is 0 Å². The second kappa shape index (κ2) is 7.82. The van der Waals surface area contributed by atoms with Crippen molar-refractivity contribution in [1.29, 1.82) is 0 Å². The van der Waals surface area contributed by atoms with Crippen molar-refractivity contribution >= 4 is 11.9 Å². The number of amides is 3. The summed E-state index contributed by atoms with van der Waals surface area (Å²) in [4.78, 5) is 30.9. The molecule has 0 bridgehead atoms. The first-order valence-electron chi connectivity index (χ1n) is 8.88. The summed E-state index contributed by atoms with van der Waals surface area (Å²) in [7, 11) is 0. The average molecular weight is 348 g/mol. The van der Waals surface area contributed by atoms with Crippen molar-refractivity contribution in [1.82, 2.24) is 20.0 Å². The molecule has 1 unspecified atom stereocenters. The van der Waals surface area contributed by atoms with Crippen LogP contribution in [0.2, 0.25) is 0 Å². The Morgan fingerprint density at radius 1 is 1.20 bits per heavy atom. The molecule has 25 heavy (non-hydrogen) atoms. The molecule has 1 aromatic carbocycles. The third kappa shape index (κ3) is 4.10. The SMILES string of the molecule is CCNC(=O)N1CCCN2CCN(Cc3ccc(F)cc3)C(=O)C2C1. The zero-order valence-corrected chi connectivity index (χ0v) is 14.6. The smallest absolute Gasteiger partial charge is 0.317 e. The van der Waals surface area contributed by atoms with Gasteiger partial charge in [-0.05, 0) is 31.0 Å². The Kier molecular flexibility index (Phi) is 5.53. The largest absolute Gasteiger partial charge is 0.338 e. The van der Waals surface area contributed by atoms with E-state index in [-0.39, 0.29) is 23.8 Å². The van der Waals surface area contributed by atoms with Gasteiger partial charge in [-0.2, -0.15) is 0 Å². The van der Waals surface area contributed by atoms with Crippen molar-refractivity contribution in [2.24, 2.45) is 0 Å². The number of halogens is 1. The molecular formula is C18H25FN4O2. The zero-order valence-electron chi connectivity index (χ0n) is 14.6. The molecule has 3 rings (SSSR count). The predicted molar refractivity (Wildman–Crippen MR) is 92.4 cm³/mol. The fourth-order valence-corrected chi connectivity index (χ4v) is 3.52. The van der Waals surface area contributed by atoms with Crippen LogP contribution in [0.3, 0.4) is 0 Å². The number of piperazine rings is 1. The van der Waals surface area contributed by atoms with E-state index in [0.29, 0.717) is 32.7 Å². The van der Waals surface area contributed by atoms with Crippen LogP contribution in [0.5, 0.6) is 0 Å². The Morgan fingerprint density at radius 2 is 1.96 bits per heavy atom. The fourth-order valence-electron chi connectivity index (χ4n) is 3.52. The van der Waals surface area contributed by atoms with Crippen LogP contribution in [0.1, 0.15) is 18.9 Å². The van der Waals surface area contributed by atoms with E-state index in [9.17, 15) is 14.0 Å². The average Bonchev–Trinajstić information content (AvgIpc) is 2.83. The molecule has 1 aromatic rings. The molecule has 2 aliphatic rings. The highest BCUT2D eigenvalue weighted by Crippen LogP contribution is 2.19. The van der Waals surface area contributed by atoms with Crippen molar-refractivity contribution in [2.75, 3.05) is 39.3 Å². The first kappa shape index (κ1) is 17.7. The number of carbonyl (C=O) groups excluding carboxylic acids is 2. The van der Waals surface area contributed by atoms with Gasteiger partial charge in [0.1, 0.15) is 11.9 Å². The Balaban J connectivity index is 1.69. The summed E-state index contributed by atoms with van der Waals surface area (Å²) in [6.07, 6.45) is 0.874. The van der Waals surface area contributed by atoms with Crippen LogP contribution in [0, 0.1) is 5.82 Å². The molecule has 3 amide bonds. The van der Waals surface area contributed by atoms with Crippen LogP contribution in [0.15, 0.2) is 24.3 Å². The molecule has 136 valence electrons. The lowest BCUT2D eigenvalue weighted by Crippen LogP contribution is -2.59. The molecule has 0 saturated carbocycles. The van der Waals surface area contributed by atoms with Crippen molar-refractivity contribution in [3.05, 3.63) is 35.6 Å². The maximum absolute atomic E-state index is 13.1. The summed E-state index contributed by atoms with van der Waals surface area (Å²) in [5.41, 5.74) is 0.914. The van der Waals surface area contributed by atoms with Crippen molar-refractivity contribution in [3.63, 3.8) is 0 Å². The molecule has 6 nitrogen and oxygen atoms in total. The molecule has 2 saturated heterocycles. The van der Waals surface area contributed by atoms with E-state index in [1.54, 1.807) is 17.0 Å². The van der Waals surface area contributed by atoms with Gasteiger partial charge in [-0.1, -0.05) is 12.1 Å². The first-order chi connectivity index (χ1) is 12.1. The van der Waals surface area contributed by atoms with Gasteiger partial charge in [-0.3, -0.25) is 9.69 Å². The third-order valence-corrected chi connectivity index (χ3v) is 4.86. The number of carbonyl (C=O) groups is 2. The Morgan fingerprint density at radius 3 is 2.68 bits per heavy atom. The quantitative estimate of drug-likeness (QED) is 0.895. The lowest BCUT2D eigenvalue weighted by atomic mass is 10.1. The van der Waals surface area contributed by atoms with Crippen molar-refractivity contribution < 1.29 is 14.0 Å². The highest BCUT2D eigenvalue weighted by Gasteiger charge is 2.38. The van der Waals surface area contributed by atoms with Gasteiger partial charge in [0.15, 0.2) is 0 Å². The summed E-state index contributed by atoms with van der Waals surface area (Å²) in [6.45, 7) is 6.33. The lowest BCUT2D eigenvalue weighted by Gasteiger charge is -2.40. The number of fused-ring (bicyclic) bond motifs is 1. The third-order valence-electron chi connectivity index (χ3n) is 4.86. The lowest BCUT2D eigenvalue weighted by molar-refractivity contribution is -0.142. The van der Waals surface area contributed by atoms with Crippen molar-refractivity contribution in [2.45, 2.75) is 25.9 Å². The van der Waals surface area contributed by atoms with Crippen LogP contribution < -0.4 is 5.32 Å². The molecule has 0 spiro atoms. The second-order valence-electron chi connectivity index (χ2n) is 6.57. The van der Waals surface area contributed by atoms with Gasteiger partial charge in [0.25, 0.3) is 0 Å². The monoisotopic (exact) mass is 348 g/mol. The summed E-state index contributed by atoms with van der Waals surface area (Å²) in [6, 6.07) is 5.86. The number of hydrogen-bond donors (Lipinski definition) is 1. The fraction of sp³-hybridized carbons (Fsp3) is 0.556. The Labute approximate surface area is 147 Å². The minimum absolute atomic E-state index is 0.0479. The van der Waals surface area contributed by atoms with Gasteiger partial charge < -0.3 is 15.1 Å². The molecule has 2 aliphatic heterocycles. The number of hydrogen-bond acceptors (Lipinski definition) is 3. The van der Waals surface area contributed by atoms with Gasteiger partial charge in [-0.25, -0.2) is 9.18 Å². The molecular weight excluding hydrogens is 323 g/mol. The molecule has 7 heteroatoms. The van der Waals surface area contributed by atoms with E-state index >= 15 is 0 Å². The molecule has 0 aromatic heterocycles. The van der Waals surface area contributed by atoms with E-state index in [1.165, 1.54) is 12.1 Å². The number of nitrogens with one attached hydrogen (secondary N) is 1. The molecule has 0 radical (unpaired) electrons. The van der Waals surface area contributed by atoms with Gasteiger partial charge in [0.2, 0.25) is 5.91 Å². The maximum Gasteiger partial charge on any atom is 0.317 e. The Bertz CT molecular complexity index is 622. The summed E-state index contributed by atoms with van der Waals surface area (Å²) >= 11 is 0. The number of rotatable bonds is 3. The molecule has 2 fully saturated rings. The number of nitrogens with zero attached hydrogens (tertiary/aromatic N) is 3. The van der Waals surface area contributed by atoms with Crippen LogP contribution in [-0.4, -0.2) is 71.9 Å². The van der Waals surface area contributed by atoms with Gasteiger partial charge in [0.05, 0.1) is 0 Å². The zero-order chi connectivity index (χ0) is 17.8. The van der Waals surface area contributed by atoms with Gasteiger partial charge >= 0.3 is 6.03 Å². The van der Waals surface area contributed by atoms with Crippen molar-refractivity contribution in [3.8, 4) is 0 Å². The van der Waals surface area contributed by atoms with E-state index in [4.69, 9.17) is 0 Å². The standard InChI is InChI=1S/C18H25FN4O2/c1-2-20-18(25)23-9-3-8-21-10-11-22(17(24)16(21)13-23)12-14-4-6-15(19)7-5-14/h4-7,16H,2-3,8-13H2,1H3,(H,20,25). The number of urea groups is 1. The summed E-state index contributed by atoms with van der Waals surface area (Å²) in [5.74, 6) is -0.229. The van der Waals surface area contributed by atoms with E-state index in [2.05, 4.69) is 10.2 Å². The van der Waals surface area contributed by atoms with Crippen LogP contribution in [-0.2, 0) is 11.3 Å². The minimum Gasteiger partial charge on any atom is -0.338 e. The molecule has 0 aliphatic carbocycles. The highest BCUT2D eigenvalue weighted by molar-refractivity contribution is 5.84. The van der Waals surface area contributed by atoms with E-state index in [0.717, 1.165) is 25.1 Å². The Hall–Kier alpha value is -2.15. The topological polar surface area (TPSA) is 55.9 Å². The minimum atomic E-state index is -0.292.